The van der Waals surface area contributed by atoms with E-state index in [1.165, 1.54) is 30.2 Å². The van der Waals surface area contributed by atoms with Gasteiger partial charge in [-0.15, -0.1) is 0 Å². The van der Waals surface area contributed by atoms with E-state index in [0.717, 1.165) is 0 Å². The van der Waals surface area contributed by atoms with E-state index < -0.39 is 11.9 Å². The Morgan fingerprint density at radius 1 is 1.25 bits per heavy atom. The Bertz CT molecular complexity index is 676. The number of nitrogens with one attached hydrogen (secondary N) is 2. The topological polar surface area (TPSA) is 71.3 Å². The number of amides is 2. The lowest BCUT2D eigenvalue weighted by molar-refractivity contribution is -0.122. The second-order valence-electron chi connectivity index (χ2n) is 5.11. The molecule has 24 heavy (non-hydrogen) atoms. The standard InChI is InChI=1S/C17H19FN2O3S/c1-12(20-17(22)15-7-4-9-23-15)16(21)19-8-10-24-11-13-5-2-3-6-14(13)18/h2-7,9,12H,8,10-11H2,1H3,(H,19,21)(H,20,22)/t12-/m0/s1. The highest BCUT2D eigenvalue weighted by Gasteiger charge is 2.17. The lowest BCUT2D eigenvalue weighted by Gasteiger charge is -2.13. The van der Waals surface area contributed by atoms with Crippen LogP contribution in [0.5, 0.6) is 0 Å². The number of benzene rings is 1. The third-order valence-electron chi connectivity index (χ3n) is 3.25. The van der Waals surface area contributed by atoms with Gasteiger partial charge in [-0.3, -0.25) is 9.59 Å². The van der Waals surface area contributed by atoms with E-state index in [9.17, 15) is 14.0 Å². The van der Waals surface area contributed by atoms with Crippen molar-refractivity contribution in [1.29, 1.82) is 0 Å². The first-order chi connectivity index (χ1) is 11.6. The van der Waals surface area contributed by atoms with Crippen LogP contribution in [0.2, 0.25) is 0 Å². The fraction of sp³-hybridized carbons (Fsp3) is 0.294. The molecule has 0 bridgehead atoms. The molecule has 0 saturated carbocycles. The van der Waals surface area contributed by atoms with Gasteiger partial charge in [-0.1, -0.05) is 18.2 Å². The minimum atomic E-state index is -0.667. The number of carbonyl (C=O) groups is 2. The second kappa shape index (κ2) is 9.12. The van der Waals surface area contributed by atoms with Gasteiger partial charge in [0.25, 0.3) is 5.91 Å². The van der Waals surface area contributed by atoms with E-state index in [0.29, 0.717) is 23.6 Å². The summed E-state index contributed by atoms with van der Waals surface area (Å²) >= 11 is 1.53. The van der Waals surface area contributed by atoms with Crippen LogP contribution in [-0.4, -0.2) is 30.2 Å². The van der Waals surface area contributed by atoms with Gasteiger partial charge >= 0.3 is 0 Å². The highest BCUT2D eigenvalue weighted by atomic mass is 32.2. The number of thioether (sulfide) groups is 1. The molecule has 0 aliphatic heterocycles. The van der Waals surface area contributed by atoms with Gasteiger partial charge in [0.05, 0.1) is 6.26 Å². The van der Waals surface area contributed by atoms with Gasteiger partial charge < -0.3 is 15.1 Å². The predicted octanol–water partition coefficient (Wildman–Crippen LogP) is 2.59. The Morgan fingerprint density at radius 2 is 2.04 bits per heavy atom. The molecular weight excluding hydrogens is 331 g/mol. The minimum absolute atomic E-state index is 0.162. The Balaban J connectivity index is 1.64. The zero-order chi connectivity index (χ0) is 17.4. The third-order valence-corrected chi connectivity index (χ3v) is 4.25. The van der Waals surface area contributed by atoms with Crippen molar-refractivity contribution >= 4 is 23.6 Å². The molecule has 0 aliphatic rings. The van der Waals surface area contributed by atoms with E-state index in [4.69, 9.17) is 4.42 Å². The maximum Gasteiger partial charge on any atom is 0.287 e. The molecule has 2 aromatic rings. The fourth-order valence-corrected chi connectivity index (χ4v) is 2.78. The Labute approximate surface area is 144 Å². The summed E-state index contributed by atoms with van der Waals surface area (Å²) < 4.78 is 18.4. The number of rotatable bonds is 8. The average molecular weight is 350 g/mol. The molecule has 128 valence electrons. The van der Waals surface area contributed by atoms with Crippen molar-refractivity contribution in [2.24, 2.45) is 0 Å². The molecule has 2 amide bonds. The quantitative estimate of drug-likeness (QED) is 0.718. The van der Waals surface area contributed by atoms with Gasteiger partial charge in [0.1, 0.15) is 11.9 Å². The first kappa shape index (κ1) is 18.1. The third kappa shape index (κ3) is 5.42. The van der Waals surface area contributed by atoms with Crippen molar-refractivity contribution in [3.05, 3.63) is 59.8 Å². The maximum absolute atomic E-state index is 13.4. The van der Waals surface area contributed by atoms with E-state index in [1.54, 1.807) is 31.2 Å². The molecule has 2 N–H and O–H groups in total. The Morgan fingerprint density at radius 3 is 2.75 bits per heavy atom. The first-order valence-electron chi connectivity index (χ1n) is 7.51. The molecule has 0 fully saturated rings. The van der Waals surface area contributed by atoms with Crippen LogP contribution in [0.1, 0.15) is 23.0 Å². The van der Waals surface area contributed by atoms with Crippen LogP contribution in [0.25, 0.3) is 0 Å². The minimum Gasteiger partial charge on any atom is -0.459 e. The van der Waals surface area contributed by atoms with E-state index in [-0.39, 0.29) is 17.5 Å². The van der Waals surface area contributed by atoms with Gasteiger partial charge in [0.15, 0.2) is 5.76 Å². The molecule has 1 atom stereocenters. The highest BCUT2D eigenvalue weighted by Crippen LogP contribution is 2.14. The number of hydrogen-bond acceptors (Lipinski definition) is 4. The summed E-state index contributed by atoms with van der Waals surface area (Å²) in [5.74, 6) is 0.433. The van der Waals surface area contributed by atoms with Gasteiger partial charge in [0, 0.05) is 18.1 Å². The lowest BCUT2D eigenvalue weighted by Crippen LogP contribution is -2.45. The second-order valence-corrected chi connectivity index (χ2v) is 6.21. The summed E-state index contributed by atoms with van der Waals surface area (Å²) in [7, 11) is 0. The molecule has 0 unspecified atom stereocenters. The van der Waals surface area contributed by atoms with Crippen LogP contribution in [0, 0.1) is 5.82 Å². The van der Waals surface area contributed by atoms with Crippen molar-refractivity contribution in [1.82, 2.24) is 10.6 Å². The smallest absolute Gasteiger partial charge is 0.287 e. The highest BCUT2D eigenvalue weighted by molar-refractivity contribution is 7.98. The summed E-state index contributed by atoms with van der Waals surface area (Å²) in [6, 6.07) is 9.09. The normalized spacial score (nSPS) is 11.8. The van der Waals surface area contributed by atoms with Crippen LogP contribution < -0.4 is 10.6 Å². The zero-order valence-corrected chi connectivity index (χ0v) is 14.1. The summed E-state index contributed by atoms with van der Waals surface area (Å²) in [5, 5.41) is 5.29. The summed E-state index contributed by atoms with van der Waals surface area (Å²) in [5.41, 5.74) is 0.646. The Kier molecular flexibility index (Phi) is 6.87. The summed E-state index contributed by atoms with van der Waals surface area (Å²) in [6.07, 6.45) is 1.40. The van der Waals surface area contributed by atoms with Gasteiger partial charge in [0.2, 0.25) is 5.91 Å². The zero-order valence-electron chi connectivity index (χ0n) is 13.3. The molecule has 7 heteroatoms. The monoisotopic (exact) mass is 350 g/mol. The van der Waals surface area contributed by atoms with Gasteiger partial charge in [-0.2, -0.15) is 11.8 Å². The van der Waals surface area contributed by atoms with Crippen LogP contribution in [0.3, 0.4) is 0 Å². The van der Waals surface area contributed by atoms with Crippen LogP contribution in [0.4, 0.5) is 4.39 Å². The number of furan rings is 1. The van der Waals surface area contributed by atoms with Gasteiger partial charge in [-0.05, 0) is 30.7 Å². The number of halogens is 1. The molecule has 1 aromatic heterocycles. The summed E-state index contributed by atoms with van der Waals surface area (Å²) in [6.45, 7) is 2.04. The SMILES string of the molecule is C[C@H](NC(=O)c1ccco1)C(=O)NCCSCc1ccccc1F. The summed E-state index contributed by atoms with van der Waals surface area (Å²) in [4.78, 5) is 23.7. The van der Waals surface area contributed by atoms with Crippen molar-refractivity contribution in [3.8, 4) is 0 Å². The molecule has 0 aliphatic carbocycles. The van der Waals surface area contributed by atoms with E-state index in [2.05, 4.69) is 10.6 Å². The molecule has 2 rings (SSSR count). The molecule has 5 nitrogen and oxygen atoms in total. The van der Waals surface area contributed by atoms with E-state index >= 15 is 0 Å². The van der Waals surface area contributed by atoms with Crippen molar-refractivity contribution < 1.29 is 18.4 Å². The molecule has 0 spiro atoms. The number of hydrogen-bond donors (Lipinski definition) is 2. The van der Waals surface area contributed by atoms with Crippen LogP contribution in [-0.2, 0) is 10.5 Å². The molecule has 1 aromatic carbocycles. The molecular formula is C17H19FN2O3S. The fourth-order valence-electron chi connectivity index (χ4n) is 1.94. The molecule has 0 saturated heterocycles. The molecule has 0 radical (unpaired) electrons. The van der Waals surface area contributed by atoms with Gasteiger partial charge in [-0.25, -0.2) is 4.39 Å². The molecule has 1 heterocycles. The van der Waals surface area contributed by atoms with E-state index in [1.807, 2.05) is 0 Å². The number of carbonyl (C=O) groups excluding carboxylic acids is 2. The predicted molar refractivity (Wildman–Crippen MR) is 91.2 cm³/mol. The first-order valence-corrected chi connectivity index (χ1v) is 8.66. The van der Waals surface area contributed by atoms with Crippen LogP contribution >= 0.6 is 11.8 Å². The van der Waals surface area contributed by atoms with Crippen molar-refractivity contribution in [3.63, 3.8) is 0 Å². The largest absolute Gasteiger partial charge is 0.459 e. The van der Waals surface area contributed by atoms with Crippen LogP contribution in [0.15, 0.2) is 47.1 Å². The maximum atomic E-state index is 13.4. The lowest BCUT2D eigenvalue weighted by atomic mass is 10.2. The Hall–Kier alpha value is -2.28. The van der Waals surface area contributed by atoms with Crippen molar-refractivity contribution in [2.75, 3.05) is 12.3 Å². The average Bonchev–Trinajstić information content (AvgIpc) is 3.10. The van der Waals surface area contributed by atoms with Crippen molar-refractivity contribution in [2.45, 2.75) is 18.7 Å².